The van der Waals surface area contributed by atoms with E-state index in [1.54, 1.807) is 11.3 Å². The Bertz CT molecular complexity index is 555. The van der Waals surface area contributed by atoms with Crippen LogP contribution in [-0.2, 0) is 5.41 Å². The molecule has 2 heterocycles. The highest BCUT2D eigenvalue weighted by Gasteiger charge is 2.24. The van der Waals surface area contributed by atoms with Crippen LogP contribution in [0.2, 0.25) is 0 Å². The molecule has 102 valence electrons. The fraction of sp³-hybridized carbons (Fsp3) is 0.462. The van der Waals surface area contributed by atoms with Gasteiger partial charge in [-0.05, 0) is 18.4 Å². The third-order valence-electron chi connectivity index (χ3n) is 2.58. The second-order valence-corrected chi connectivity index (χ2v) is 6.35. The van der Waals surface area contributed by atoms with E-state index in [-0.39, 0.29) is 23.3 Å². The van der Waals surface area contributed by atoms with Gasteiger partial charge in [0.2, 0.25) is 5.89 Å². The van der Waals surface area contributed by atoms with E-state index in [4.69, 9.17) is 4.42 Å². The Morgan fingerprint density at radius 2 is 2.16 bits per heavy atom. The van der Waals surface area contributed by atoms with Crippen molar-refractivity contribution in [1.29, 1.82) is 0 Å². The molecule has 1 N–H and O–H groups in total. The molecule has 19 heavy (non-hydrogen) atoms. The lowest BCUT2D eigenvalue weighted by Crippen LogP contribution is -2.26. The summed E-state index contributed by atoms with van der Waals surface area (Å²) < 4.78 is 5.40. The zero-order valence-electron chi connectivity index (χ0n) is 11.4. The number of nitrogens with one attached hydrogen (secondary N) is 1. The van der Waals surface area contributed by atoms with Gasteiger partial charge in [-0.2, -0.15) is 0 Å². The summed E-state index contributed by atoms with van der Waals surface area (Å²) in [6.07, 6.45) is 0. The maximum absolute atomic E-state index is 12.0. The number of aromatic nitrogens is 2. The maximum Gasteiger partial charge on any atom is 0.309 e. The predicted molar refractivity (Wildman–Crippen MR) is 73.2 cm³/mol. The fourth-order valence-corrected chi connectivity index (χ4v) is 2.22. The van der Waals surface area contributed by atoms with Crippen LogP contribution >= 0.6 is 11.3 Å². The lowest BCUT2D eigenvalue weighted by Gasteiger charge is -2.11. The van der Waals surface area contributed by atoms with Crippen LogP contribution in [-0.4, -0.2) is 16.1 Å². The van der Waals surface area contributed by atoms with Gasteiger partial charge < -0.3 is 9.73 Å². The summed E-state index contributed by atoms with van der Waals surface area (Å²) in [5.41, 5.74) is -0.259. The molecule has 0 aromatic carbocycles. The number of amides is 1. The van der Waals surface area contributed by atoms with E-state index in [9.17, 15) is 4.79 Å². The molecule has 0 radical (unpaired) electrons. The van der Waals surface area contributed by atoms with Crippen LogP contribution in [0.15, 0.2) is 21.9 Å². The average Bonchev–Trinajstić information content (AvgIpc) is 3.00. The number of carbonyl (C=O) groups excluding carboxylic acids is 1. The minimum atomic E-state index is -0.344. The van der Waals surface area contributed by atoms with Crippen molar-refractivity contribution in [2.75, 3.05) is 0 Å². The Hall–Kier alpha value is -1.69. The largest absolute Gasteiger partial charge is 0.416 e. The van der Waals surface area contributed by atoms with Crippen LogP contribution < -0.4 is 5.32 Å². The summed E-state index contributed by atoms with van der Waals surface area (Å²) >= 11 is 1.60. The average molecular weight is 279 g/mol. The molecule has 0 saturated heterocycles. The minimum absolute atomic E-state index is 0.00771. The van der Waals surface area contributed by atoms with Gasteiger partial charge in [0, 0.05) is 10.3 Å². The highest BCUT2D eigenvalue weighted by atomic mass is 32.1. The van der Waals surface area contributed by atoms with Crippen LogP contribution in [0, 0.1) is 0 Å². The molecule has 2 aromatic heterocycles. The Labute approximate surface area is 116 Å². The zero-order valence-corrected chi connectivity index (χ0v) is 12.2. The highest BCUT2D eigenvalue weighted by Crippen LogP contribution is 2.21. The van der Waals surface area contributed by atoms with E-state index in [0.717, 1.165) is 4.88 Å². The number of rotatable bonds is 3. The molecule has 0 aliphatic rings. The topological polar surface area (TPSA) is 68.0 Å². The molecular formula is C13H17N3O2S. The molecule has 2 rings (SSSR count). The number of nitrogens with zero attached hydrogens (tertiary/aromatic N) is 2. The molecule has 0 fully saturated rings. The van der Waals surface area contributed by atoms with Crippen LogP contribution in [0.1, 0.15) is 55.2 Å². The SMILES string of the molecule is C[C@@H](NC(=O)c1nnc(C(C)(C)C)o1)c1cccs1. The van der Waals surface area contributed by atoms with Crippen molar-refractivity contribution in [3.63, 3.8) is 0 Å². The molecule has 0 bridgehead atoms. The van der Waals surface area contributed by atoms with Crippen LogP contribution in [0.5, 0.6) is 0 Å². The van der Waals surface area contributed by atoms with Gasteiger partial charge >= 0.3 is 11.8 Å². The van der Waals surface area contributed by atoms with E-state index in [1.807, 2.05) is 45.2 Å². The molecule has 2 aromatic rings. The van der Waals surface area contributed by atoms with Crippen molar-refractivity contribution in [2.24, 2.45) is 0 Å². The van der Waals surface area contributed by atoms with Crippen molar-refractivity contribution in [3.8, 4) is 0 Å². The molecule has 6 heteroatoms. The van der Waals surface area contributed by atoms with Gasteiger partial charge in [-0.25, -0.2) is 0 Å². The molecule has 0 aliphatic heterocycles. The van der Waals surface area contributed by atoms with E-state index in [1.165, 1.54) is 0 Å². The number of hydrogen-bond acceptors (Lipinski definition) is 5. The van der Waals surface area contributed by atoms with E-state index >= 15 is 0 Å². The Morgan fingerprint density at radius 1 is 1.42 bits per heavy atom. The van der Waals surface area contributed by atoms with Gasteiger partial charge in [0.1, 0.15) is 0 Å². The Kier molecular flexibility index (Phi) is 3.71. The molecule has 0 aliphatic carbocycles. The quantitative estimate of drug-likeness (QED) is 0.938. The van der Waals surface area contributed by atoms with Crippen LogP contribution in [0.3, 0.4) is 0 Å². The summed E-state index contributed by atoms with van der Waals surface area (Å²) in [7, 11) is 0. The molecule has 1 atom stereocenters. The van der Waals surface area contributed by atoms with Crippen molar-refractivity contribution in [3.05, 3.63) is 34.2 Å². The first-order valence-electron chi connectivity index (χ1n) is 6.06. The van der Waals surface area contributed by atoms with E-state index in [2.05, 4.69) is 15.5 Å². The van der Waals surface area contributed by atoms with Gasteiger partial charge in [-0.15, -0.1) is 21.5 Å². The second kappa shape index (κ2) is 5.13. The van der Waals surface area contributed by atoms with Crippen molar-refractivity contribution >= 4 is 17.2 Å². The first-order valence-corrected chi connectivity index (χ1v) is 6.94. The predicted octanol–water partition coefficient (Wildman–Crippen LogP) is 2.92. The maximum atomic E-state index is 12.0. The van der Waals surface area contributed by atoms with Gasteiger partial charge in [-0.3, -0.25) is 4.79 Å². The van der Waals surface area contributed by atoms with Crippen LogP contribution in [0.4, 0.5) is 0 Å². The van der Waals surface area contributed by atoms with E-state index < -0.39 is 0 Å². The van der Waals surface area contributed by atoms with Gasteiger partial charge in [0.15, 0.2) is 0 Å². The summed E-state index contributed by atoms with van der Waals surface area (Å²) in [6, 6.07) is 3.86. The summed E-state index contributed by atoms with van der Waals surface area (Å²) in [6.45, 7) is 7.79. The summed E-state index contributed by atoms with van der Waals surface area (Å²) in [4.78, 5) is 13.1. The molecule has 5 nitrogen and oxygen atoms in total. The summed E-state index contributed by atoms with van der Waals surface area (Å²) in [5, 5.41) is 12.5. The number of thiophene rings is 1. The Morgan fingerprint density at radius 3 is 2.68 bits per heavy atom. The lowest BCUT2D eigenvalue weighted by molar-refractivity contribution is 0.0902. The van der Waals surface area contributed by atoms with E-state index in [0.29, 0.717) is 5.89 Å². The van der Waals surface area contributed by atoms with Gasteiger partial charge in [0.05, 0.1) is 6.04 Å². The smallest absolute Gasteiger partial charge is 0.309 e. The molecule has 0 saturated carbocycles. The number of hydrogen-bond donors (Lipinski definition) is 1. The van der Waals surface area contributed by atoms with Crippen molar-refractivity contribution in [1.82, 2.24) is 15.5 Å². The highest BCUT2D eigenvalue weighted by molar-refractivity contribution is 7.10. The Balaban J connectivity index is 2.06. The first-order chi connectivity index (χ1) is 8.88. The third-order valence-corrected chi connectivity index (χ3v) is 3.63. The fourth-order valence-electron chi connectivity index (χ4n) is 1.49. The zero-order chi connectivity index (χ0) is 14.0. The molecule has 0 spiro atoms. The van der Waals surface area contributed by atoms with Gasteiger partial charge in [0.25, 0.3) is 0 Å². The van der Waals surface area contributed by atoms with Crippen LogP contribution in [0.25, 0.3) is 0 Å². The first kappa shape index (κ1) is 13.7. The normalized spacial score (nSPS) is 13.3. The molecular weight excluding hydrogens is 262 g/mol. The van der Waals surface area contributed by atoms with Gasteiger partial charge in [-0.1, -0.05) is 26.8 Å². The molecule has 1 amide bonds. The van der Waals surface area contributed by atoms with Crippen molar-refractivity contribution in [2.45, 2.75) is 39.2 Å². The monoisotopic (exact) mass is 279 g/mol. The minimum Gasteiger partial charge on any atom is -0.416 e. The standard InChI is InChI=1S/C13H17N3O2S/c1-8(9-6-5-7-19-9)14-10(17)11-15-16-12(18-11)13(2,3)4/h5-8H,1-4H3,(H,14,17)/t8-/m1/s1. The molecule has 0 unspecified atom stereocenters. The third kappa shape index (κ3) is 3.20. The lowest BCUT2D eigenvalue weighted by atomic mass is 9.97. The van der Waals surface area contributed by atoms with Crippen molar-refractivity contribution < 1.29 is 9.21 Å². The second-order valence-electron chi connectivity index (χ2n) is 5.37. The number of carbonyl (C=O) groups is 1. The summed E-state index contributed by atoms with van der Waals surface area (Å²) in [5.74, 6) is 0.124.